The molecule has 1 fully saturated rings. The van der Waals surface area contributed by atoms with E-state index in [1.165, 1.54) is 18.4 Å². The highest BCUT2D eigenvalue weighted by Crippen LogP contribution is 2.44. The molecule has 1 aliphatic rings. The second-order valence-corrected chi connectivity index (χ2v) is 4.40. The number of anilines is 1. The molecule has 1 aromatic rings. The lowest BCUT2D eigenvalue weighted by atomic mass is 10.1. The van der Waals surface area contributed by atoms with Crippen molar-refractivity contribution < 1.29 is 0 Å². The van der Waals surface area contributed by atoms with Crippen LogP contribution in [0, 0.1) is 24.2 Å². The van der Waals surface area contributed by atoms with Crippen molar-refractivity contribution in [2.75, 3.05) is 5.73 Å². The minimum absolute atomic E-state index is 0.274. The van der Waals surface area contributed by atoms with Crippen molar-refractivity contribution in [1.29, 1.82) is 0 Å². The Morgan fingerprint density at radius 3 is 2.71 bits per heavy atom. The Hall–Kier alpha value is -1.42. The van der Waals surface area contributed by atoms with Gasteiger partial charge in [-0.25, -0.2) is 0 Å². The number of hydrogen-bond acceptors (Lipinski definition) is 1. The zero-order chi connectivity index (χ0) is 10.2. The van der Waals surface area contributed by atoms with E-state index in [0.29, 0.717) is 0 Å². The van der Waals surface area contributed by atoms with Crippen LogP contribution in [0.15, 0.2) is 18.2 Å². The molecule has 1 nitrogen and oxygen atoms in total. The van der Waals surface area contributed by atoms with Crippen LogP contribution >= 0.6 is 0 Å². The second kappa shape index (κ2) is 3.06. The van der Waals surface area contributed by atoms with Crippen LogP contribution < -0.4 is 5.73 Å². The molecule has 14 heavy (non-hydrogen) atoms. The predicted octanol–water partition coefficient (Wildman–Crippen LogP) is 2.73. The predicted molar refractivity (Wildman–Crippen MR) is 59.8 cm³/mol. The molecule has 0 spiro atoms. The van der Waals surface area contributed by atoms with E-state index in [2.05, 4.69) is 25.7 Å². The molecule has 0 unspecified atom stereocenters. The summed E-state index contributed by atoms with van der Waals surface area (Å²) in [6.07, 6.45) is 2.46. The summed E-state index contributed by atoms with van der Waals surface area (Å²) < 4.78 is 0. The lowest BCUT2D eigenvalue weighted by Crippen LogP contribution is -1.92. The molecule has 1 saturated carbocycles. The van der Waals surface area contributed by atoms with Gasteiger partial charge >= 0.3 is 0 Å². The number of aryl methyl sites for hydroxylation is 1. The van der Waals surface area contributed by atoms with Gasteiger partial charge in [0, 0.05) is 16.7 Å². The zero-order valence-electron chi connectivity index (χ0n) is 8.72. The van der Waals surface area contributed by atoms with Crippen LogP contribution in [0.4, 0.5) is 5.69 Å². The summed E-state index contributed by atoms with van der Waals surface area (Å²) in [7, 11) is 0. The van der Waals surface area contributed by atoms with Crippen molar-refractivity contribution in [2.45, 2.75) is 26.7 Å². The first kappa shape index (κ1) is 9.15. The topological polar surface area (TPSA) is 26.0 Å². The third kappa shape index (κ3) is 1.90. The highest BCUT2D eigenvalue weighted by Gasteiger charge is 2.35. The third-order valence-corrected chi connectivity index (χ3v) is 2.71. The van der Waals surface area contributed by atoms with Crippen LogP contribution in [0.5, 0.6) is 0 Å². The lowest BCUT2D eigenvalue weighted by Gasteiger charge is -2.00. The summed E-state index contributed by atoms with van der Waals surface area (Å²) in [6, 6.07) is 5.99. The molecule has 0 atom stereocenters. The SMILES string of the molecule is Cc1ccc(N)c(C#CC2(C)CC2)c1. The van der Waals surface area contributed by atoms with Crippen LogP contribution in [-0.2, 0) is 0 Å². The van der Waals surface area contributed by atoms with Gasteiger partial charge in [0.2, 0.25) is 0 Å². The van der Waals surface area contributed by atoms with Crippen molar-refractivity contribution in [1.82, 2.24) is 0 Å². The summed E-state index contributed by atoms with van der Waals surface area (Å²) in [6.45, 7) is 4.26. The van der Waals surface area contributed by atoms with Crippen molar-refractivity contribution in [2.24, 2.45) is 5.41 Å². The van der Waals surface area contributed by atoms with Crippen LogP contribution in [0.25, 0.3) is 0 Å². The Bertz CT molecular complexity index is 417. The Labute approximate surface area is 85.3 Å². The number of benzene rings is 1. The van der Waals surface area contributed by atoms with E-state index in [0.717, 1.165) is 11.3 Å². The Balaban J connectivity index is 2.30. The molecule has 1 aliphatic carbocycles. The minimum Gasteiger partial charge on any atom is -0.398 e. The molecule has 0 aromatic heterocycles. The third-order valence-electron chi connectivity index (χ3n) is 2.71. The van der Waals surface area contributed by atoms with Crippen molar-refractivity contribution >= 4 is 5.69 Å². The van der Waals surface area contributed by atoms with E-state index in [1.807, 2.05) is 18.2 Å². The Morgan fingerprint density at radius 1 is 1.36 bits per heavy atom. The van der Waals surface area contributed by atoms with Gasteiger partial charge < -0.3 is 5.73 Å². The van der Waals surface area contributed by atoms with Gasteiger partial charge in [-0.15, -0.1) is 0 Å². The van der Waals surface area contributed by atoms with Crippen LogP contribution in [-0.4, -0.2) is 0 Å². The molecule has 0 bridgehead atoms. The van der Waals surface area contributed by atoms with E-state index >= 15 is 0 Å². The van der Waals surface area contributed by atoms with Crippen molar-refractivity contribution in [3.8, 4) is 11.8 Å². The molecule has 0 saturated heterocycles. The molecule has 1 aromatic carbocycles. The van der Waals surface area contributed by atoms with Crippen LogP contribution in [0.3, 0.4) is 0 Å². The van der Waals surface area contributed by atoms with Crippen molar-refractivity contribution in [3.05, 3.63) is 29.3 Å². The van der Waals surface area contributed by atoms with E-state index in [1.54, 1.807) is 0 Å². The van der Waals surface area contributed by atoms with E-state index < -0.39 is 0 Å². The van der Waals surface area contributed by atoms with Gasteiger partial charge in [0.25, 0.3) is 0 Å². The van der Waals surface area contributed by atoms with Gasteiger partial charge in [-0.3, -0.25) is 0 Å². The highest BCUT2D eigenvalue weighted by atomic mass is 14.5. The van der Waals surface area contributed by atoms with E-state index in [-0.39, 0.29) is 5.41 Å². The molecular formula is C13H15N. The van der Waals surface area contributed by atoms with Gasteiger partial charge in [0.15, 0.2) is 0 Å². The maximum absolute atomic E-state index is 5.84. The molecular weight excluding hydrogens is 170 g/mol. The molecule has 2 rings (SSSR count). The maximum atomic E-state index is 5.84. The molecule has 72 valence electrons. The Kier molecular flexibility index (Phi) is 2.00. The van der Waals surface area contributed by atoms with Crippen molar-refractivity contribution in [3.63, 3.8) is 0 Å². The molecule has 0 amide bonds. The van der Waals surface area contributed by atoms with Gasteiger partial charge in [-0.2, -0.15) is 0 Å². The zero-order valence-corrected chi connectivity index (χ0v) is 8.72. The first-order valence-electron chi connectivity index (χ1n) is 4.98. The average molecular weight is 185 g/mol. The summed E-state index contributed by atoms with van der Waals surface area (Å²) in [4.78, 5) is 0. The smallest absolute Gasteiger partial charge is 0.0477 e. The first-order chi connectivity index (χ1) is 6.59. The number of nitrogen functional groups attached to an aromatic ring is 1. The number of hydrogen-bond donors (Lipinski definition) is 1. The maximum Gasteiger partial charge on any atom is 0.0477 e. The van der Waals surface area contributed by atoms with E-state index in [9.17, 15) is 0 Å². The van der Waals surface area contributed by atoms with Gasteiger partial charge in [-0.05, 0) is 44.4 Å². The largest absolute Gasteiger partial charge is 0.398 e. The fraction of sp³-hybridized carbons (Fsp3) is 0.385. The van der Waals surface area contributed by atoms with Crippen LogP contribution in [0.1, 0.15) is 30.9 Å². The molecule has 0 heterocycles. The van der Waals surface area contributed by atoms with Gasteiger partial charge in [-0.1, -0.05) is 17.9 Å². The van der Waals surface area contributed by atoms with Gasteiger partial charge in [0.05, 0.1) is 0 Å². The second-order valence-electron chi connectivity index (χ2n) is 4.40. The molecule has 0 radical (unpaired) electrons. The monoisotopic (exact) mass is 185 g/mol. The number of rotatable bonds is 0. The fourth-order valence-corrected chi connectivity index (χ4v) is 1.31. The number of nitrogens with two attached hydrogens (primary N) is 1. The van der Waals surface area contributed by atoms with E-state index in [4.69, 9.17) is 5.73 Å². The first-order valence-corrected chi connectivity index (χ1v) is 4.98. The summed E-state index contributed by atoms with van der Waals surface area (Å²) >= 11 is 0. The quantitative estimate of drug-likeness (QED) is 0.488. The normalized spacial score (nSPS) is 17.0. The summed E-state index contributed by atoms with van der Waals surface area (Å²) in [5.74, 6) is 6.47. The van der Waals surface area contributed by atoms with Crippen LogP contribution in [0.2, 0.25) is 0 Å². The standard InChI is InChI=1S/C13H15N/c1-10-3-4-12(14)11(9-10)5-6-13(2)7-8-13/h3-4,9H,7-8,14H2,1-2H3. The summed E-state index contributed by atoms with van der Waals surface area (Å²) in [5, 5.41) is 0. The molecule has 0 aliphatic heterocycles. The molecule has 1 heteroatoms. The Morgan fingerprint density at radius 2 is 2.07 bits per heavy atom. The average Bonchev–Trinajstić information content (AvgIpc) is 2.87. The lowest BCUT2D eigenvalue weighted by molar-refractivity contribution is 0.783. The highest BCUT2D eigenvalue weighted by molar-refractivity contribution is 5.57. The summed E-state index contributed by atoms with van der Waals surface area (Å²) in [5.41, 5.74) is 9.08. The minimum atomic E-state index is 0.274. The fourth-order valence-electron chi connectivity index (χ4n) is 1.31. The molecule has 2 N–H and O–H groups in total. The van der Waals surface area contributed by atoms with Gasteiger partial charge in [0.1, 0.15) is 0 Å².